The Labute approximate surface area is 107 Å². The van der Waals surface area contributed by atoms with Crippen molar-refractivity contribution >= 4 is 17.2 Å². The van der Waals surface area contributed by atoms with Crippen LogP contribution in [-0.2, 0) is 11.2 Å². The molecule has 0 N–H and O–H groups in total. The summed E-state index contributed by atoms with van der Waals surface area (Å²) < 4.78 is 0. The molecule has 17 heavy (non-hydrogen) atoms. The fourth-order valence-electron chi connectivity index (χ4n) is 1.56. The second-order valence-electron chi connectivity index (χ2n) is 4.74. The van der Waals surface area contributed by atoms with E-state index in [-0.39, 0.29) is 5.91 Å². The number of amides is 1. The quantitative estimate of drug-likeness (QED) is 0.824. The summed E-state index contributed by atoms with van der Waals surface area (Å²) in [6, 6.07) is 4.12. The van der Waals surface area contributed by atoms with Crippen LogP contribution < -0.4 is 0 Å². The summed E-state index contributed by atoms with van der Waals surface area (Å²) in [4.78, 5) is 14.9. The normalized spacial score (nSPS) is 11.0. The average Bonchev–Trinajstić information content (AvgIpc) is 2.70. The van der Waals surface area contributed by atoms with Crippen molar-refractivity contribution in [2.45, 2.75) is 27.2 Å². The van der Waals surface area contributed by atoms with Gasteiger partial charge in [0, 0.05) is 18.5 Å². The number of nitriles is 1. The molecule has 1 aromatic rings. The Morgan fingerprint density at radius 1 is 1.59 bits per heavy atom. The molecule has 0 aliphatic heterocycles. The van der Waals surface area contributed by atoms with Gasteiger partial charge >= 0.3 is 0 Å². The van der Waals surface area contributed by atoms with Crippen molar-refractivity contribution in [3.8, 4) is 6.07 Å². The van der Waals surface area contributed by atoms with Crippen LogP contribution in [-0.4, -0.2) is 24.4 Å². The van der Waals surface area contributed by atoms with E-state index in [0.29, 0.717) is 6.54 Å². The number of nitrogens with zero attached hydrogens (tertiary/aromatic N) is 2. The summed E-state index contributed by atoms with van der Waals surface area (Å²) in [5, 5.41) is 11.0. The van der Waals surface area contributed by atoms with Crippen LogP contribution in [0.25, 0.3) is 0 Å². The first-order chi connectivity index (χ1) is 7.88. The lowest BCUT2D eigenvalue weighted by Gasteiger charge is -2.23. The molecule has 0 saturated heterocycles. The van der Waals surface area contributed by atoms with E-state index in [2.05, 4.69) is 18.4 Å². The van der Waals surface area contributed by atoms with Crippen molar-refractivity contribution in [1.29, 1.82) is 5.26 Å². The van der Waals surface area contributed by atoms with Crippen LogP contribution in [0, 0.1) is 23.7 Å². The van der Waals surface area contributed by atoms with Gasteiger partial charge in [0.2, 0.25) is 5.91 Å². The van der Waals surface area contributed by atoms with Gasteiger partial charge in [0.05, 0.1) is 6.07 Å². The number of carbonyl (C=O) groups excluding carboxylic acids is 1. The monoisotopic (exact) mass is 250 g/mol. The third-order valence-electron chi connectivity index (χ3n) is 2.80. The predicted octanol–water partition coefficient (Wildman–Crippen LogP) is 2.61. The van der Waals surface area contributed by atoms with Gasteiger partial charge in [0.15, 0.2) is 0 Å². The molecule has 1 aromatic heterocycles. The van der Waals surface area contributed by atoms with Crippen LogP contribution in [0.1, 0.15) is 24.3 Å². The van der Waals surface area contributed by atoms with E-state index in [9.17, 15) is 4.79 Å². The topological polar surface area (TPSA) is 44.1 Å². The first-order valence-corrected chi connectivity index (χ1v) is 6.46. The molecule has 92 valence electrons. The van der Waals surface area contributed by atoms with E-state index in [0.717, 1.165) is 6.42 Å². The molecule has 0 spiro atoms. The van der Waals surface area contributed by atoms with Gasteiger partial charge in [0.1, 0.15) is 5.41 Å². The first kappa shape index (κ1) is 13.7. The van der Waals surface area contributed by atoms with E-state index < -0.39 is 5.41 Å². The molecule has 1 amide bonds. The smallest absolute Gasteiger partial charge is 0.242 e. The molecule has 0 aliphatic carbocycles. The zero-order chi connectivity index (χ0) is 13.1. The van der Waals surface area contributed by atoms with Crippen LogP contribution in [0.15, 0.2) is 11.4 Å². The van der Waals surface area contributed by atoms with Crippen LogP contribution in [0.2, 0.25) is 0 Å². The summed E-state index contributed by atoms with van der Waals surface area (Å²) in [6.45, 7) is 6.04. The minimum absolute atomic E-state index is 0.116. The highest BCUT2D eigenvalue weighted by molar-refractivity contribution is 7.10. The predicted molar refractivity (Wildman–Crippen MR) is 69.8 cm³/mol. The van der Waals surface area contributed by atoms with Crippen LogP contribution >= 0.6 is 11.3 Å². The Bertz CT molecular complexity index is 443. The van der Waals surface area contributed by atoms with Gasteiger partial charge in [0.25, 0.3) is 0 Å². The molecule has 0 fully saturated rings. The summed E-state index contributed by atoms with van der Waals surface area (Å²) in [5.74, 6) is -0.116. The molecule has 0 aromatic carbocycles. The molecule has 1 heterocycles. The maximum absolute atomic E-state index is 11.9. The SMILES string of the molecule is Cc1ccsc1CCN(C)C(=O)C(C)(C)C#N. The number of thiophene rings is 1. The first-order valence-electron chi connectivity index (χ1n) is 5.58. The van der Waals surface area contributed by atoms with E-state index in [1.807, 2.05) is 6.07 Å². The Kier molecular flexibility index (Phi) is 4.30. The number of hydrogen-bond acceptors (Lipinski definition) is 3. The largest absolute Gasteiger partial charge is 0.344 e. The van der Waals surface area contributed by atoms with Gasteiger partial charge in [-0.3, -0.25) is 4.79 Å². The molecule has 0 aliphatic rings. The van der Waals surface area contributed by atoms with Gasteiger partial charge in [-0.15, -0.1) is 11.3 Å². The average molecular weight is 250 g/mol. The lowest BCUT2D eigenvalue weighted by atomic mass is 9.94. The van der Waals surface area contributed by atoms with Crippen molar-refractivity contribution in [3.05, 3.63) is 21.9 Å². The summed E-state index contributed by atoms with van der Waals surface area (Å²) in [6.07, 6.45) is 0.854. The Morgan fingerprint density at radius 3 is 2.71 bits per heavy atom. The second-order valence-corrected chi connectivity index (χ2v) is 5.74. The van der Waals surface area contributed by atoms with Crippen molar-refractivity contribution < 1.29 is 4.79 Å². The van der Waals surface area contributed by atoms with Crippen LogP contribution in [0.5, 0.6) is 0 Å². The molecule has 0 saturated carbocycles. The summed E-state index contributed by atoms with van der Waals surface area (Å²) in [5.41, 5.74) is 0.342. The number of carbonyl (C=O) groups is 1. The molecule has 3 nitrogen and oxygen atoms in total. The molecule has 0 atom stereocenters. The molecular weight excluding hydrogens is 232 g/mol. The van der Waals surface area contributed by atoms with Crippen LogP contribution in [0.4, 0.5) is 0 Å². The van der Waals surface area contributed by atoms with Crippen LogP contribution in [0.3, 0.4) is 0 Å². The van der Waals surface area contributed by atoms with Gasteiger partial charge in [-0.25, -0.2) is 0 Å². The summed E-state index contributed by atoms with van der Waals surface area (Å²) in [7, 11) is 1.75. The van der Waals surface area contributed by atoms with Gasteiger partial charge < -0.3 is 4.90 Å². The van der Waals surface area contributed by atoms with E-state index in [1.54, 1.807) is 37.1 Å². The zero-order valence-electron chi connectivity index (χ0n) is 10.8. The maximum Gasteiger partial charge on any atom is 0.242 e. The molecule has 4 heteroatoms. The van der Waals surface area contributed by atoms with Gasteiger partial charge in [-0.1, -0.05) is 0 Å². The highest BCUT2D eigenvalue weighted by atomic mass is 32.1. The Hall–Kier alpha value is -1.34. The minimum Gasteiger partial charge on any atom is -0.344 e. The van der Waals surface area contributed by atoms with Crippen molar-refractivity contribution in [3.63, 3.8) is 0 Å². The molecule has 0 bridgehead atoms. The van der Waals surface area contributed by atoms with Gasteiger partial charge in [-0.05, 0) is 44.2 Å². The number of hydrogen-bond donors (Lipinski definition) is 0. The number of rotatable bonds is 4. The standard InChI is InChI=1S/C13H18N2OS/c1-10-6-8-17-11(10)5-7-15(4)12(16)13(2,3)9-14/h6,8H,5,7H2,1-4H3. The Balaban J connectivity index is 2.57. The molecule has 1 rings (SSSR count). The lowest BCUT2D eigenvalue weighted by Crippen LogP contribution is -2.38. The fourth-order valence-corrected chi connectivity index (χ4v) is 2.46. The van der Waals surface area contributed by atoms with E-state index >= 15 is 0 Å². The van der Waals surface area contributed by atoms with Crippen molar-refractivity contribution in [2.24, 2.45) is 5.41 Å². The summed E-state index contributed by atoms with van der Waals surface area (Å²) >= 11 is 1.71. The fraction of sp³-hybridized carbons (Fsp3) is 0.538. The molecular formula is C13H18N2OS. The lowest BCUT2D eigenvalue weighted by molar-refractivity contribution is -0.136. The highest BCUT2D eigenvalue weighted by Gasteiger charge is 2.30. The van der Waals surface area contributed by atoms with E-state index in [4.69, 9.17) is 5.26 Å². The number of aryl methyl sites for hydroxylation is 1. The maximum atomic E-state index is 11.9. The third-order valence-corrected chi connectivity index (χ3v) is 3.89. The number of likely N-dealkylation sites (N-methyl/N-ethyl adjacent to an activating group) is 1. The zero-order valence-corrected chi connectivity index (χ0v) is 11.6. The van der Waals surface area contributed by atoms with Crippen molar-refractivity contribution in [1.82, 2.24) is 4.90 Å². The van der Waals surface area contributed by atoms with Gasteiger partial charge in [-0.2, -0.15) is 5.26 Å². The van der Waals surface area contributed by atoms with Crippen molar-refractivity contribution in [2.75, 3.05) is 13.6 Å². The highest BCUT2D eigenvalue weighted by Crippen LogP contribution is 2.19. The van der Waals surface area contributed by atoms with E-state index in [1.165, 1.54) is 10.4 Å². The third kappa shape index (κ3) is 3.31. The molecule has 0 radical (unpaired) electrons. The Morgan fingerprint density at radius 2 is 2.24 bits per heavy atom. The second kappa shape index (κ2) is 5.33. The minimum atomic E-state index is -0.931. The molecule has 0 unspecified atom stereocenters.